The van der Waals surface area contributed by atoms with Gasteiger partial charge in [0, 0.05) is 6.42 Å². The second kappa shape index (κ2) is 7.77. The Morgan fingerprint density at radius 1 is 1.21 bits per heavy atom. The highest BCUT2D eigenvalue weighted by Crippen LogP contribution is 2.34. The second-order valence-corrected chi connectivity index (χ2v) is 7.24. The van der Waals surface area contributed by atoms with Crippen molar-refractivity contribution < 1.29 is 9.18 Å². The highest BCUT2D eigenvalue weighted by molar-refractivity contribution is 6.39. The van der Waals surface area contributed by atoms with Gasteiger partial charge in [-0.15, -0.1) is 0 Å². The van der Waals surface area contributed by atoms with Crippen molar-refractivity contribution in [1.29, 1.82) is 0 Å². The zero-order valence-corrected chi connectivity index (χ0v) is 16.6. The number of aliphatic imine (C=N–C) groups is 1. The Kier molecular flexibility index (Phi) is 5.17. The summed E-state index contributed by atoms with van der Waals surface area (Å²) >= 11 is 12.3. The van der Waals surface area contributed by atoms with Gasteiger partial charge in [-0.1, -0.05) is 29.3 Å². The van der Waals surface area contributed by atoms with E-state index in [0.29, 0.717) is 33.6 Å². The zero-order valence-electron chi connectivity index (χ0n) is 15.1. The van der Waals surface area contributed by atoms with Crippen LogP contribution in [0.5, 0.6) is 0 Å². The van der Waals surface area contributed by atoms with Crippen LogP contribution in [0.15, 0.2) is 47.7 Å². The number of nitrogens with zero attached hydrogens (tertiary/aromatic N) is 3. The predicted octanol–water partition coefficient (Wildman–Crippen LogP) is 5.18. The van der Waals surface area contributed by atoms with Gasteiger partial charge in [0.15, 0.2) is 0 Å². The molecule has 3 heterocycles. The number of amides is 1. The highest BCUT2D eigenvalue weighted by atomic mass is 35.5. The minimum absolute atomic E-state index is 0.214. The third-order valence-electron chi connectivity index (χ3n) is 4.33. The van der Waals surface area contributed by atoms with Crippen LogP contribution in [-0.2, 0) is 6.42 Å². The number of carbonyl (C=O) groups is 1. The van der Waals surface area contributed by atoms with E-state index in [9.17, 15) is 9.18 Å². The molecule has 146 valence electrons. The average molecular weight is 430 g/mol. The van der Waals surface area contributed by atoms with E-state index in [0.717, 1.165) is 17.4 Å². The van der Waals surface area contributed by atoms with Gasteiger partial charge in [0.1, 0.15) is 28.9 Å². The number of nitrogens with one attached hydrogen (secondary N) is 2. The maximum atomic E-state index is 13.3. The molecule has 0 saturated heterocycles. The SMILES string of the molecule is Cc1cc(NC(=O)c2cc3c(cn2)NC(=Nc2c(Cl)cccc2Cl)C3)ncc1F. The van der Waals surface area contributed by atoms with Gasteiger partial charge >= 0.3 is 0 Å². The molecule has 0 fully saturated rings. The number of pyridine rings is 2. The maximum absolute atomic E-state index is 13.3. The van der Waals surface area contributed by atoms with Gasteiger partial charge in [-0.2, -0.15) is 0 Å². The molecule has 2 aromatic heterocycles. The van der Waals surface area contributed by atoms with E-state index in [-0.39, 0.29) is 11.5 Å². The fourth-order valence-corrected chi connectivity index (χ4v) is 3.33. The van der Waals surface area contributed by atoms with Crippen LogP contribution in [0.25, 0.3) is 0 Å². The van der Waals surface area contributed by atoms with Crippen LogP contribution < -0.4 is 10.6 Å². The van der Waals surface area contributed by atoms with Crippen LogP contribution in [0, 0.1) is 12.7 Å². The number of hydrogen-bond acceptors (Lipinski definition) is 4. The predicted molar refractivity (Wildman–Crippen MR) is 112 cm³/mol. The standard InChI is InChI=1S/C20H14Cl2FN5O/c1-10-5-17(25-8-14(10)23)28-20(29)15-6-11-7-18(26-16(11)9-24-15)27-19-12(21)3-2-4-13(19)22/h2-6,8-9H,7H2,1H3,(H,26,27)(H,25,28,29). The van der Waals surface area contributed by atoms with Gasteiger partial charge in [-0.3, -0.25) is 4.79 Å². The van der Waals surface area contributed by atoms with Crippen molar-refractivity contribution in [3.8, 4) is 0 Å². The normalized spacial score (nSPS) is 13.9. The molecule has 1 aliphatic heterocycles. The number of hydrogen-bond donors (Lipinski definition) is 2. The average Bonchev–Trinajstić information content (AvgIpc) is 3.09. The van der Waals surface area contributed by atoms with Crippen molar-refractivity contribution in [2.45, 2.75) is 13.3 Å². The van der Waals surface area contributed by atoms with Crippen molar-refractivity contribution >= 4 is 52.1 Å². The summed E-state index contributed by atoms with van der Waals surface area (Å²) in [6, 6.07) is 8.30. The van der Waals surface area contributed by atoms with Gasteiger partial charge in [0.2, 0.25) is 0 Å². The first-order valence-electron chi connectivity index (χ1n) is 8.62. The molecule has 1 aromatic carbocycles. The molecule has 0 bridgehead atoms. The van der Waals surface area contributed by atoms with Crippen molar-refractivity contribution in [3.63, 3.8) is 0 Å². The van der Waals surface area contributed by atoms with E-state index in [1.165, 1.54) is 6.07 Å². The number of fused-ring (bicyclic) bond motifs is 1. The van der Waals surface area contributed by atoms with Crippen LogP contribution in [0.1, 0.15) is 21.6 Å². The van der Waals surface area contributed by atoms with E-state index in [1.807, 2.05) is 0 Å². The number of aryl methyl sites for hydroxylation is 1. The molecule has 9 heteroatoms. The molecule has 0 saturated carbocycles. The molecule has 3 aromatic rings. The first-order valence-corrected chi connectivity index (χ1v) is 9.37. The smallest absolute Gasteiger partial charge is 0.275 e. The Balaban J connectivity index is 1.54. The summed E-state index contributed by atoms with van der Waals surface area (Å²) in [7, 11) is 0. The summed E-state index contributed by atoms with van der Waals surface area (Å²) < 4.78 is 13.3. The molecule has 0 atom stereocenters. The van der Waals surface area contributed by atoms with Gasteiger partial charge in [0.25, 0.3) is 5.91 Å². The number of halogens is 3. The molecule has 0 radical (unpaired) electrons. The molecular weight excluding hydrogens is 416 g/mol. The Labute approximate surface area is 175 Å². The van der Waals surface area contributed by atoms with Crippen LogP contribution in [-0.4, -0.2) is 21.7 Å². The molecule has 1 aliphatic rings. The Hall–Kier alpha value is -3.03. The summed E-state index contributed by atoms with van der Waals surface area (Å²) in [5, 5.41) is 6.66. The van der Waals surface area contributed by atoms with E-state index < -0.39 is 11.7 Å². The zero-order chi connectivity index (χ0) is 20.5. The lowest BCUT2D eigenvalue weighted by molar-refractivity contribution is 0.102. The monoisotopic (exact) mass is 429 g/mol. The number of rotatable bonds is 3. The lowest BCUT2D eigenvalue weighted by Crippen LogP contribution is -2.15. The van der Waals surface area contributed by atoms with E-state index in [4.69, 9.17) is 23.2 Å². The highest BCUT2D eigenvalue weighted by Gasteiger charge is 2.20. The van der Waals surface area contributed by atoms with Crippen LogP contribution in [0.4, 0.5) is 21.6 Å². The fraction of sp³-hybridized carbons (Fsp3) is 0.100. The Morgan fingerprint density at radius 3 is 2.69 bits per heavy atom. The second-order valence-electron chi connectivity index (χ2n) is 6.43. The third-order valence-corrected chi connectivity index (χ3v) is 4.94. The summed E-state index contributed by atoms with van der Waals surface area (Å²) in [5.74, 6) is 0.0242. The molecule has 1 amide bonds. The molecule has 0 aliphatic carbocycles. The van der Waals surface area contributed by atoms with Crippen LogP contribution in [0.2, 0.25) is 10.0 Å². The summed E-state index contributed by atoms with van der Waals surface area (Å²) in [4.78, 5) is 25.0. The quantitative estimate of drug-likeness (QED) is 0.600. The van der Waals surface area contributed by atoms with E-state index >= 15 is 0 Å². The van der Waals surface area contributed by atoms with Crippen LogP contribution >= 0.6 is 23.2 Å². The molecule has 6 nitrogen and oxygen atoms in total. The molecule has 2 N–H and O–H groups in total. The van der Waals surface area contributed by atoms with Crippen molar-refractivity contribution in [3.05, 3.63) is 75.4 Å². The lowest BCUT2D eigenvalue weighted by Gasteiger charge is -2.06. The number of aromatic nitrogens is 2. The van der Waals surface area contributed by atoms with E-state index in [1.54, 1.807) is 37.4 Å². The van der Waals surface area contributed by atoms with E-state index in [2.05, 4.69) is 25.6 Å². The lowest BCUT2D eigenvalue weighted by atomic mass is 10.1. The largest absolute Gasteiger partial charge is 0.342 e. The molecule has 4 rings (SSSR count). The van der Waals surface area contributed by atoms with Crippen molar-refractivity contribution in [2.24, 2.45) is 4.99 Å². The van der Waals surface area contributed by atoms with Crippen molar-refractivity contribution in [1.82, 2.24) is 9.97 Å². The molecule has 0 spiro atoms. The molecule has 0 unspecified atom stereocenters. The van der Waals surface area contributed by atoms with Gasteiger partial charge in [-0.25, -0.2) is 19.4 Å². The number of benzene rings is 1. The molecule has 29 heavy (non-hydrogen) atoms. The Bertz CT molecular complexity index is 1150. The first-order chi connectivity index (χ1) is 13.9. The maximum Gasteiger partial charge on any atom is 0.275 e. The van der Waals surface area contributed by atoms with Gasteiger partial charge in [-0.05, 0) is 42.3 Å². The minimum Gasteiger partial charge on any atom is -0.342 e. The number of amidine groups is 1. The van der Waals surface area contributed by atoms with Gasteiger partial charge in [0.05, 0.1) is 28.1 Å². The number of anilines is 2. The minimum atomic E-state index is -0.439. The van der Waals surface area contributed by atoms with Crippen LogP contribution in [0.3, 0.4) is 0 Å². The summed E-state index contributed by atoms with van der Waals surface area (Å²) in [5.41, 5.74) is 2.69. The number of carbonyl (C=O) groups excluding carboxylic acids is 1. The van der Waals surface area contributed by atoms with Crippen molar-refractivity contribution in [2.75, 3.05) is 10.6 Å². The summed E-state index contributed by atoms with van der Waals surface area (Å²) in [6.07, 6.45) is 3.09. The Morgan fingerprint density at radius 2 is 1.97 bits per heavy atom. The first kappa shape index (κ1) is 19.3. The van der Waals surface area contributed by atoms with Gasteiger partial charge < -0.3 is 10.6 Å². The number of para-hydroxylation sites is 1. The molecular formula is C20H14Cl2FN5O. The third kappa shape index (κ3) is 4.06. The fourth-order valence-electron chi connectivity index (χ4n) is 2.85. The topological polar surface area (TPSA) is 79.3 Å². The summed E-state index contributed by atoms with van der Waals surface area (Å²) in [6.45, 7) is 1.60.